The van der Waals surface area contributed by atoms with Crippen molar-refractivity contribution in [3.63, 3.8) is 0 Å². The molecule has 0 aliphatic heterocycles. The van der Waals surface area contributed by atoms with Gasteiger partial charge in [-0.05, 0) is 0 Å². The van der Waals surface area contributed by atoms with Crippen molar-refractivity contribution in [3.05, 3.63) is 12.7 Å². The van der Waals surface area contributed by atoms with Crippen LogP contribution in [0.3, 0.4) is 0 Å². The number of imidazole rings is 1. The molecule has 11 nitrogen and oxygen atoms in total. The van der Waals surface area contributed by atoms with Crippen LogP contribution < -0.4 is 5.73 Å². The van der Waals surface area contributed by atoms with Crippen molar-refractivity contribution in [1.29, 1.82) is 0 Å². The zero-order chi connectivity index (χ0) is 27.0. The van der Waals surface area contributed by atoms with Crippen LogP contribution in [0.4, 0.5) is 5.82 Å². The number of thioether (sulfide) groups is 2. The Labute approximate surface area is 220 Å². The first-order valence-corrected chi connectivity index (χ1v) is 15.1. The third-order valence-corrected chi connectivity index (χ3v) is 8.73. The molecule has 0 aliphatic rings. The number of nitrogen functional groups attached to an aromatic ring is 1. The number of carbonyl (C=O) groups excluding carboxylic acids is 2. The first kappa shape index (κ1) is 30.7. The van der Waals surface area contributed by atoms with Crippen molar-refractivity contribution >= 4 is 58.3 Å². The first-order valence-electron chi connectivity index (χ1n) is 11.4. The van der Waals surface area contributed by atoms with Gasteiger partial charge >= 0.3 is 7.60 Å². The zero-order valence-electron chi connectivity index (χ0n) is 21.7. The smallest absolute Gasteiger partial charge is 0.356 e. The Morgan fingerprint density at radius 1 is 0.944 bits per heavy atom. The Kier molecular flexibility index (Phi) is 11.4. The molecule has 0 atom stereocenters. The fourth-order valence-electron chi connectivity index (χ4n) is 2.57. The Balaban J connectivity index is 1.89. The van der Waals surface area contributed by atoms with Gasteiger partial charge in [-0.25, -0.2) is 15.0 Å². The maximum atomic E-state index is 13.3. The number of hydrogen-bond acceptors (Lipinski definition) is 12. The number of nitrogens with zero attached hydrogens (tertiary/aromatic N) is 4. The van der Waals surface area contributed by atoms with E-state index in [1.807, 2.05) is 41.5 Å². The molecule has 2 aromatic heterocycles. The Hall–Kier alpha value is -1.50. The summed E-state index contributed by atoms with van der Waals surface area (Å²) in [6, 6.07) is 0. The molecule has 0 saturated heterocycles. The summed E-state index contributed by atoms with van der Waals surface area (Å²) < 4.78 is 31.8. The lowest BCUT2D eigenvalue weighted by molar-refractivity contribution is -0.118. The molecule has 0 aliphatic carbocycles. The lowest BCUT2D eigenvalue weighted by Gasteiger charge is -2.20. The van der Waals surface area contributed by atoms with Crippen LogP contribution in [0, 0.1) is 10.8 Å². The fourth-order valence-corrected chi connectivity index (χ4v) is 5.70. The van der Waals surface area contributed by atoms with Gasteiger partial charge in [-0.2, -0.15) is 0 Å². The SMILES string of the molecule is CC(C)(C)C(=O)SCCOP(=O)(COCCn1cnc2c(N)ncnc21)OCCSC(=O)C(C)(C)C. The molecule has 2 rings (SSSR count). The van der Waals surface area contributed by atoms with Crippen LogP contribution in [0.5, 0.6) is 0 Å². The summed E-state index contributed by atoms with van der Waals surface area (Å²) in [7, 11) is -3.63. The third kappa shape index (κ3) is 9.75. The number of ether oxygens (including phenoxy) is 1. The normalized spacial score (nSPS) is 12.8. The number of fused-ring (bicyclic) bond motifs is 1. The predicted octanol–water partition coefficient (Wildman–Crippen LogP) is 4.22. The van der Waals surface area contributed by atoms with Crippen LogP contribution in [0.15, 0.2) is 12.7 Å². The second-order valence-corrected chi connectivity index (χ2v) is 14.1. The molecule has 2 aromatic rings. The monoisotopic (exact) mass is 561 g/mol. The molecule has 0 fully saturated rings. The molecule has 2 N–H and O–H groups in total. The minimum Gasteiger partial charge on any atom is -0.382 e. The van der Waals surface area contributed by atoms with Crippen molar-refractivity contribution in [1.82, 2.24) is 19.5 Å². The molecule has 14 heteroatoms. The molecular weight excluding hydrogens is 525 g/mol. The standard InChI is InChI=1S/C22H36N5O6PS2/c1-21(2,3)19(28)35-11-9-32-34(30,33-10-12-36-20(29)22(4,5)6)15-31-8-7-27-14-26-16-17(23)24-13-25-18(16)27/h13-14H,7-12,15H2,1-6H3,(H2,23,24,25). The van der Waals surface area contributed by atoms with Crippen LogP contribution in [0.25, 0.3) is 11.2 Å². The van der Waals surface area contributed by atoms with Gasteiger partial charge in [0.05, 0.1) is 26.1 Å². The number of aromatic nitrogens is 4. The van der Waals surface area contributed by atoms with E-state index in [0.717, 1.165) is 23.5 Å². The Bertz CT molecular complexity index is 1050. The number of anilines is 1. The maximum Gasteiger partial charge on any atom is 0.356 e. The van der Waals surface area contributed by atoms with Gasteiger partial charge in [-0.15, -0.1) is 0 Å². The van der Waals surface area contributed by atoms with E-state index in [9.17, 15) is 14.2 Å². The molecule has 0 radical (unpaired) electrons. The average molecular weight is 562 g/mol. The van der Waals surface area contributed by atoms with Crippen LogP contribution in [-0.4, -0.2) is 67.4 Å². The summed E-state index contributed by atoms with van der Waals surface area (Å²) in [5, 5.41) is 0.0411. The summed E-state index contributed by atoms with van der Waals surface area (Å²) in [5.74, 6) is 0.961. The molecule has 0 aromatic carbocycles. The topological polar surface area (TPSA) is 149 Å². The quantitative estimate of drug-likeness (QED) is 0.276. The van der Waals surface area contributed by atoms with Gasteiger partial charge in [-0.3, -0.25) is 14.2 Å². The number of nitrogens with two attached hydrogens (primary N) is 1. The molecular formula is C22H36N5O6PS2. The maximum absolute atomic E-state index is 13.3. The zero-order valence-corrected chi connectivity index (χ0v) is 24.2. The summed E-state index contributed by atoms with van der Waals surface area (Å²) >= 11 is 2.25. The highest BCUT2D eigenvalue weighted by Gasteiger charge is 2.27. The highest BCUT2D eigenvalue weighted by atomic mass is 32.2. The van der Waals surface area contributed by atoms with Gasteiger partial charge in [0.2, 0.25) is 0 Å². The van der Waals surface area contributed by atoms with Crippen molar-refractivity contribution in [2.75, 3.05) is 43.4 Å². The van der Waals surface area contributed by atoms with Crippen LogP contribution in [0.2, 0.25) is 0 Å². The second-order valence-electron chi connectivity index (χ2n) is 9.96. The summed E-state index contributed by atoms with van der Waals surface area (Å²) in [5.41, 5.74) is 5.93. The van der Waals surface area contributed by atoms with E-state index in [4.69, 9.17) is 19.5 Å². The molecule has 0 unspecified atom stereocenters. The molecule has 0 bridgehead atoms. The summed E-state index contributed by atoms with van der Waals surface area (Å²) in [4.78, 5) is 36.5. The van der Waals surface area contributed by atoms with E-state index in [2.05, 4.69) is 15.0 Å². The van der Waals surface area contributed by atoms with Gasteiger partial charge in [0.25, 0.3) is 0 Å². The molecule has 2 heterocycles. The third-order valence-electron chi connectivity index (χ3n) is 4.59. The predicted molar refractivity (Wildman–Crippen MR) is 144 cm³/mol. The Morgan fingerprint density at radius 3 is 2.03 bits per heavy atom. The van der Waals surface area contributed by atoms with E-state index >= 15 is 0 Å². The largest absolute Gasteiger partial charge is 0.382 e. The molecule has 0 saturated carbocycles. The lowest BCUT2D eigenvalue weighted by Crippen LogP contribution is -2.18. The van der Waals surface area contributed by atoms with E-state index in [1.165, 1.54) is 6.33 Å². The van der Waals surface area contributed by atoms with Crippen LogP contribution >= 0.6 is 31.1 Å². The second kappa shape index (κ2) is 13.3. The van der Waals surface area contributed by atoms with Crippen molar-refractivity contribution in [3.8, 4) is 0 Å². The van der Waals surface area contributed by atoms with Gasteiger partial charge in [-0.1, -0.05) is 65.1 Å². The number of hydrogen-bond donors (Lipinski definition) is 1. The average Bonchev–Trinajstić information content (AvgIpc) is 3.20. The van der Waals surface area contributed by atoms with Crippen LogP contribution in [0.1, 0.15) is 41.5 Å². The van der Waals surface area contributed by atoms with E-state index in [-0.39, 0.29) is 42.2 Å². The van der Waals surface area contributed by atoms with Crippen molar-refractivity contribution < 1.29 is 27.9 Å². The first-order chi connectivity index (χ1) is 16.7. The van der Waals surface area contributed by atoms with Crippen molar-refractivity contribution in [2.45, 2.75) is 48.1 Å². The number of rotatable bonds is 13. The lowest BCUT2D eigenvalue weighted by atomic mass is 9.99. The van der Waals surface area contributed by atoms with E-state index in [1.54, 1.807) is 10.9 Å². The number of carbonyl (C=O) groups is 2. The highest BCUT2D eigenvalue weighted by Crippen LogP contribution is 2.48. The van der Waals surface area contributed by atoms with Crippen LogP contribution in [-0.2, 0) is 34.5 Å². The molecule has 0 amide bonds. The van der Waals surface area contributed by atoms with E-state index in [0.29, 0.717) is 29.2 Å². The van der Waals surface area contributed by atoms with E-state index < -0.39 is 18.4 Å². The summed E-state index contributed by atoms with van der Waals surface area (Å²) in [6.07, 6.45) is 2.67. The minimum atomic E-state index is -3.63. The molecule has 36 heavy (non-hydrogen) atoms. The van der Waals surface area contributed by atoms with Crippen molar-refractivity contribution in [2.24, 2.45) is 10.8 Å². The summed E-state index contributed by atoms with van der Waals surface area (Å²) in [6.45, 7) is 11.7. The van der Waals surface area contributed by atoms with Gasteiger partial charge in [0.15, 0.2) is 21.7 Å². The highest BCUT2D eigenvalue weighted by molar-refractivity contribution is 8.14. The van der Waals surface area contributed by atoms with Gasteiger partial charge in [0, 0.05) is 28.9 Å². The molecule has 202 valence electrons. The minimum absolute atomic E-state index is 0.0206. The van der Waals surface area contributed by atoms with Gasteiger partial charge < -0.3 is 24.1 Å². The Morgan fingerprint density at radius 2 is 1.50 bits per heavy atom. The molecule has 0 spiro atoms. The fraction of sp³-hybridized carbons (Fsp3) is 0.682. The van der Waals surface area contributed by atoms with Gasteiger partial charge in [0.1, 0.15) is 18.2 Å².